The lowest BCUT2D eigenvalue weighted by molar-refractivity contribution is -0.145. The van der Waals surface area contributed by atoms with E-state index in [0.29, 0.717) is 6.54 Å². The van der Waals surface area contributed by atoms with Crippen molar-refractivity contribution in [3.63, 3.8) is 0 Å². The van der Waals surface area contributed by atoms with Crippen molar-refractivity contribution >= 4 is 5.97 Å². The number of carbonyl (C=O) groups excluding carboxylic acids is 1. The molecule has 0 saturated carbocycles. The molecule has 0 amide bonds. The van der Waals surface area contributed by atoms with Crippen molar-refractivity contribution in [3.05, 3.63) is 0 Å². The largest absolute Gasteiger partial charge is 0.461 e. The highest BCUT2D eigenvalue weighted by molar-refractivity contribution is 5.78. The Hall–Kier alpha value is -0.650. The van der Waals surface area contributed by atoms with E-state index in [1.165, 1.54) is 0 Å². The van der Waals surface area contributed by atoms with Gasteiger partial charge in [-0.15, -0.1) is 0 Å². The topological polar surface area (TPSA) is 53.0 Å². The predicted molar refractivity (Wildman–Crippen MR) is 77.4 cm³/mol. The Morgan fingerprint density at radius 3 is 2.35 bits per heavy atom. The molecule has 116 valence electrons. The molecule has 0 radical (unpaired) electrons. The molecular formula is C15H28N2O3. The van der Waals surface area contributed by atoms with Gasteiger partial charge < -0.3 is 9.84 Å². The van der Waals surface area contributed by atoms with E-state index in [9.17, 15) is 9.90 Å². The van der Waals surface area contributed by atoms with Crippen LogP contribution in [-0.2, 0) is 9.53 Å². The number of aliphatic hydroxyl groups excluding tert-OH is 1. The van der Waals surface area contributed by atoms with Crippen molar-refractivity contribution in [1.29, 1.82) is 0 Å². The summed E-state index contributed by atoms with van der Waals surface area (Å²) in [5.74, 6) is -0.0688. The van der Waals surface area contributed by atoms with Crippen LogP contribution in [-0.4, -0.2) is 71.8 Å². The number of β-amino-alcohol motifs (C(OH)–C–C–N with tert-alkyl or cyclic N) is 1. The highest BCUT2D eigenvalue weighted by Gasteiger charge is 2.38. The van der Waals surface area contributed by atoms with Gasteiger partial charge >= 0.3 is 5.97 Å². The minimum Gasteiger partial charge on any atom is -0.461 e. The van der Waals surface area contributed by atoms with E-state index in [2.05, 4.69) is 30.6 Å². The van der Waals surface area contributed by atoms with Crippen LogP contribution < -0.4 is 0 Å². The summed E-state index contributed by atoms with van der Waals surface area (Å²) >= 11 is 0. The summed E-state index contributed by atoms with van der Waals surface area (Å²) in [7, 11) is 0. The summed E-state index contributed by atoms with van der Waals surface area (Å²) < 4.78 is 5.23. The molecule has 3 atom stereocenters. The first-order chi connectivity index (χ1) is 9.27. The van der Waals surface area contributed by atoms with Gasteiger partial charge in [-0.2, -0.15) is 0 Å². The van der Waals surface area contributed by atoms with Crippen LogP contribution in [0.1, 0.15) is 34.1 Å². The number of hydrogen-bond acceptors (Lipinski definition) is 5. The van der Waals surface area contributed by atoms with Gasteiger partial charge in [0.05, 0.1) is 6.10 Å². The van der Waals surface area contributed by atoms with E-state index in [0.717, 1.165) is 32.6 Å². The van der Waals surface area contributed by atoms with Crippen LogP contribution in [0.3, 0.4) is 0 Å². The normalized spacial score (nSPS) is 31.4. The smallest absolute Gasteiger partial charge is 0.323 e. The monoisotopic (exact) mass is 284 g/mol. The zero-order chi connectivity index (χ0) is 14.9. The average Bonchev–Trinajstić information content (AvgIpc) is 2.68. The van der Waals surface area contributed by atoms with Gasteiger partial charge in [0.2, 0.25) is 0 Å². The molecule has 0 aromatic heterocycles. The third-order valence-corrected chi connectivity index (χ3v) is 4.42. The minimum absolute atomic E-state index is 0.0493. The third kappa shape index (κ3) is 3.71. The lowest BCUT2D eigenvalue weighted by atomic mass is 9.89. The quantitative estimate of drug-likeness (QED) is 0.774. The van der Waals surface area contributed by atoms with Gasteiger partial charge in [-0.3, -0.25) is 14.6 Å². The number of esters is 1. The molecule has 1 N–H and O–H groups in total. The summed E-state index contributed by atoms with van der Waals surface area (Å²) in [6, 6.07) is -0.0558. The maximum atomic E-state index is 11.8. The van der Waals surface area contributed by atoms with Crippen molar-refractivity contribution < 1.29 is 14.6 Å². The van der Waals surface area contributed by atoms with Gasteiger partial charge in [-0.25, -0.2) is 0 Å². The van der Waals surface area contributed by atoms with Crippen LogP contribution in [0.25, 0.3) is 0 Å². The number of nitrogens with zero attached hydrogens (tertiary/aromatic N) is 2. The minimum atomic E-state index is -0.314. The number of carbonyl (C=O) groups is 1. The van der Waals surface area contributed by atoms with E-state index in [-0.39, 0.29) is 29.6 Å². The lowest BCUT2D eigenvalue weighted by Crippen LogP contribution is -2.53. The Morgan fingerprint density at radius 1 is 1.30 bits per heavy atom. The summed E-state index contributed by atoms with van der Waals surface area (Å²) in [6.45, 7) is 12.4. The Morgan fingerprint density at radius 2 is 1.90 bits per heavy atom. The Kier molecular flexibility index (Phi) is 4.72. The van der Waals surface area contributed by atoms with Crippen molar-refractivity contribution in [2.75, 3.05) is 32.7 Å². The standard InChI is InChI=1S/C15H28N2O3/c1-11-9-12(14(19)20-11)17-7-5-16(6-8-17)10-13(18)15(2,3)4/h11-13,18H,5-10H2,1-4H3. The number of aliphatic hydroxyl groups is 1. The van der Waals surface area contributed by atoms with Crippen LogP contribution in [0.15, 0.2) is 0 Å². The molecule has 0 aromatic carbocycles. The molecule has 0 bridgehead atoms. The lowest BCUT2D eigenvalue weighted by Gasteiger charge is -2.39. The molecule has 0 aromatic rings. The molecule has 2 saturated heterocycles. The fourth-order valence-corrected chi connectivity index (χ4v) is 2.81. The molecule has 3 unspecified atom stereocenters. The van der Waals surface area contributed by atoms with Crippen molar-refractivity contribution in [2.45, 2.75) is 52.4 Å². The van der Waals surface area contributed by atoms with E-state index in [1.807, 2.05) is 6.92 Å². The second-order valence-electron chi connectivity index (χ2n) is 7.22. The SMILES string of the molecule is CC1CC(N2CCN(CC(O)C(C)(C)C)CC2)C(=O)O1. The molecule has 2 aliphatic rings. The Balaban J connectivity index is 1.79. The number of cyclic esters (lactones) is 1. The van der Waals surface area contributed by atoms with Crippen LogP contribution in [0.4, 0.5) is 0 Å². The summed E-state index contributed by atoms with van der Waals surface area (Å²) in [5.41, 5.74) is -0.0815. The zero-order valence-electron chi connectivity index (χ0n) is 13.1. The maximum absolute atomic E-state index is 11.8. The number of ether oxygens (including phenoxy) is 1. The van der Waals surface area contributed by atoms with Crippen molar-refractivity contribution in [3.8, 4) is 0 Å². The highest BCUT2D eigenvalue weighted by Crippen LogP contribution is 2.23. The molecule has 0 spiro atoms. The third-order valence-electron chi connectivity index (χ3n) is 4.42. The van der Waals surface area contributed by atoms with Crippen molar-refractivity contribution in [1.82, 2.24) is 9.80 Å². The summed E-state index contributed by atoms with van der Waals surface area (Å²) in [5, 5.41) is 10.2. The van der Waals surface area contributed by atoms with Gasteiger partial charge in [0.1, 0.15) is 12.1 Å². The number of piperazine rings is 1. The van der Waals surface area contributed by atoms with Gasteiger partial charge in [-0.1, -0.05) is 20.8 Å². The molecule has 2 aliphatic heterocycles. The molecule has 2 heterocycles. The average molecular weight is 284 g/mol. The molecule has 5 nitrogen and oxygen atoms in total. The maximum Gasteiger partial charge on any atom is 0.323 e. The number of rotatable bonds is 3. The van der Waals surface area contributed by atoms with Crippen LogP contribution in [0, 0.1) is 5.41 Å². The molecule has 0 aliphatic carbocycles. The molecule has 2 fully saturated rings. The molecule has 20 heavy (non-hydrogen) atoms. The Bertz CT molecular complexity index is 346. The van der Waals surface area contributed by atoms with Gasteiger partial charge in [-0.05, 0) is 12.3 Å². The van der Waals surface area contributed by atoms with Gasteiger partial charge in [0.25, 0.3) is 0 Å². The molecule has 5 heteroatoms. The van der Waals surface area contributed by atoms with E-state index in [4.69, 9.17) is 4.74 Å². The number of hydrogen-bond donors (Lipinski definition) is 1. The van der Waals surface area contributed by atoms with Gasteiger partial charge in [0, 0.05) is 39.1 Å². The van der Waals surface area contributed by atoms with E-state index in [1.54, 1.807) is 0 Å². The first kappa shape index (κ1) is 15.7. The van der Waals surface area contributed by atoms with E-state index >= 15 is 0 Å². The summed E-state index contributed by atoms with van der Waals surface area (Å²) in [4.78, 5) is 16.3. The van der Waals surface area contributed by atoms with Crippen molar-refractivity contribution in [2.24, 2.45) is 5.41 Å². The second-order valence-corrected chi connectivity index (χ2v) is 7.22. The van der Waals surface area contributed by atoms with Crippen LogP contribution >= 0.6 is 0 Å². The first-order valence-electron chi connectivity index (χ1n) is 7.62. The molecule has 2 rings (SSSR count). The molecular weight excluding hydrogens is 256 g/mol. The van der Waals surface area contributed by atoms with Crippen LogP contribution in [0.2, 0.25) is 0 Å². The van der Waals surface area contributed by atoms with Gasteiger partial charge in [0.15, 0.2) is 0 Å². The summed E-state index contributed by atoms with van der Waals surface area (Å²) in [6.07, 6.45) is 0.544. The predicted octanol–water partition coefficient (Wildman–Crippen LogP) is 0.715. The van der Waals surface area contributed by atoms with E-state index < -0.39 is 0 Å². The fourth-order valence-electron chi connectivity index (χ4n) is 2.81. The zero-order valence-corrected chi connectivity index (χ0v) is 13.1. The first-order valence-corrected chi connectivity index (χ1v) is 7.62. The fraction of sp³-hybridized carbons (Fsp3) is 0.933. The van der Waals surface area contributed by atoms with Crippen LogP contribution in [0.5, 0.6) is 0 Å². The highest BCUT2D eigenvalue weighted by atomic mass is 16.6. The second kappa shape index (κ2) is 6.00. The Labute approximate surface area is 121 Å².